The summed E-state index contributed by atoms with van der Waals surface area (Å²) in [6.45, 7) is 4.65. The molecule has 0 saturated carbocycles. The number of nitrogens with zero attached hydrogens (tertiary/aromatic N) is 3. The number of fused-ring (bicyclic) bond motifs is 1. The van der Waals surface area contributed by atoms with Crippen LogP contribution in [0.3, 0.4) is 0 Å². The van der Waals surface area contributed by atoms with Gasteiger partial charge in [0, 0.05) is 19.6 Å². The first kappa shape index (κ1) is 14.1. The Balaban J connectivity index is 1.99. The fourth-order valence-electron chi connectivity index (χ4n) is 2.77. The Kier molecular flexibility index (Phi) is 4.20. The summed E-state index contributed by atoms with van der Waals surface area (Å²) in [5, 5.41) is 3.44. The van der Waals surface area contributed by atoms with Gasteiger partial charge in [0.05, 0.1) is 17.6 Å². The minimum absolute atomic E-state index is 0.438. The SMILES string of the molecule is CCOc1nc2ccccc2nc1N(C)[C@@H]1CCCNC1. The number of piperidine rings is 1. The molecule has 1 aliphatic heterocycles. The third-order valence-electron chi connectivity index (χ3n) is 3.96. The van der Waals surface area contributed by atoms with Crippen LogP contribution < -0.4 is 15.0 Å². The van der Waals surface area contributed by atoms with Crippen LogP contribution in [-0.4, -0.2) is 42.8 Å². The maximum absolute atomic E-state index is 5.72. The standard InChI is InChI=1S/C16H22N4O/c1-3-21-16-15(20(2)12-7-6-10-17-11-12)18-13-8-4-5-9-14(13)19-16/h4-5,8-9,12,17H,3,6-7,10-11H2,1-2H3/t12-/m1/s1. The average Bonchev–Trinajstić information content (AvgIpc) is 2.55. The second-order valence-electron chi connectivity index (χ2n) is 5.39. The Bertz CT molecular complexity index is 610. The Labute approximate surface area is 125 Å². The summed E-state index contributed by atoms with van der Waals surface area (Å²) in [5.41, 5.74) is 1.78. The lowest BCUT2D eigenvalue weighted by molar-refractivity contribution is 0.325. The van der Waals surface area contributed by atoms with Gasteiger partial charge < -0.3 is 15.0 Å². The predicted molar refractivity (Wildman–Crippen MR) is 85.0 cm³/mol. The van der Waals surface area contributed by atoms with Crippen molar-refractivity contribution in [3.63, 3.8) is 0 Å². The molecule has 0 unspecified atom stereocenters. The summed E-state index contributed by atoms with van der Waals surface area (Å²) in [7, 11) is 2.08. The van der Waals surface area contributed by atoms with Crippen LogP contribution in [0.25, 0.3) is 11.0 Å². The van der Waals surface area contributed by atoms with Crippen molar-refractivity contribution in [3.05, 3.63) is 24.3 Å². The van der Waals surface area contributed by atoms with Crippen LogP contribution in [0, 0.1) is 0 Å². The summed E-state index contributed by atoms with van der Waals surface area (Å²) in [6.07, 6.45) is 2.36. The molecule has 1 saturated heterocycles. The Morgan fingerprint density at radius 1 is 1.29 bits per heavy atom. The number of anilines is 1. The zero-order chi connectivity index (χ0) is 14.7. The van der Waals surface area contributed by atoms with Crippen LogP contribution in [0.5, 0.6) is 5.88 Å². The molecule has 1 atom stereocenters. The highest BCUT2D eigenvalue weighted by atomic mass is 16.5. The molecule has 1 aliphatic rings. The molecular weight excluding hydrogens is 264 g/mol. The second-order valence-corrected chi connectivity index (χ2v) is 5.39. The van der Waals surface area contributed by atoms with Crippen LogP contribution in [0.2, 0.25) is 0 Å². The van der Waals surface area contributed by atoms with Gasteiger partial charge in [-0.05, 0) is 38.4 Å². The number of benzene rings is 1. The third-order valence-corrected chi connectivity index (χ3v) is 3.96. The highest BCUT2D eigenvalue weighted by Gasteiger charge is 2.23. The lowest BCUT2D eigenvalue weighted by atomic mass is 10.1. The quantitative estimate of drug-likeness (QED) is 0.934. The molecule has 0 spiro atoms. The molecule has 1 N–H and O–H groups in total. The summed E-state index contributed by atoms with van der Waals surface area (Å²) in [6, 6.07) is 8.36. The Morgan fingerprint density at radius 3 is 2.71 bits per heavy atom. The Morgan fingerprint density at radius 2 is 2.05 bits per heavy atom. The number of likely N-dealkylation sites (N-methyl/N-ethyl adjacent to an activating group) is 1. The number of hydrogen-bond acceptors (Lipinski definition) is 5. The van der Waals surface area contributed by atoms with E-state index in [1.807, 2.05) is 31.2 Å². The first-order chi connectivity index (χ1) is 10.3. The molecule has 3 rings (SSSR count). The van der Waals surface area contributed by atoms with Gasteiger partial charge in [0.25, 0.3) is 5.88 Å². The van der Waals surface area contributed by atoms with E-state index in [0.29, 0.717) is 18.5 Å². The van der Waals surface area contributed by atoms with Crippen molar-refractivity contribution in [2.75, 3.05) is 31.6 Å². The molecule has 0 amide bonds. The third kappa shape index (κ3) is 2.93. The van der Waals surface area contributed by atoms with Crippen molar-refractivity contribution >= 4 is 16.9 Å². The topological polar surface area (TPSA) is 50.3 Å². The lowest BCUT2D eigenvalue weighted by Gasteiger charge is -2.33. The first-order valence-electron chi connectivity index (χ1n) is 7.62. The summed E-state index contributed by atoms with van der Waals surface area (Å²) in [4.78, 5) is 11.6. The fourth-order valence-corrected chi connectivity index (χ4v) is 2.77. The molecule has 2 aromatic rings. The minimum atomic E-state index is 0.438. The van der Waals surface area contributed by atoms with Gasteiger partial charge in [0.2, 0.25) is 0 Å². The molecule has 21 heavy (non-hydrogen) atoms. The molecule has 0 bridgehead atoms. The van der Waals surface area contributed by atoms with Crippen molar-refractivity contribution in [2.24, 2.45) is 0 Å². The molecule has 5 heteroatoms. The normalized spacial score (nSPS) is 18.7. The number of para-hydroxylation sites is 2. The number of ether oxygens (including phenoxy) is 1. The largest absolute Gasteiger partial charge is 0.475 e. The van der Waals surface area contributed by atoms with Crippen LogP contribution in [0.1, 0.15) is 19.8 Å². The first-order valence-corrected chi connectivity index (χ1v) is 7.62. The van der Waals surface area contributed by atoms with Gasteiger partial charge in [-0.15, -0.1) is 0 Å². The number of aromatic nitrogens is 2. The van der Waals surface area contributed by atoms with Crippen LogP contribution in [-0.2, 0) is 0 Å². The van der Waals surface area contributed by atoms with E-state index in [1.54, 1.807) is 0 Å². The monoisotopic (exact) mass is 286 g/mol. The van der Waals surface area contributed by atoms with E-state index in [9.17, 15) is 0 Å². The molecule has 1 aromatic heterocycles. The van der Waals surface area contributed by atoms with Crippen molar-refractivity contribution in [1.82, 2.24) is 15.3 Å². The number of hydrogen-bond donors (Lipinski definition) is 1. The van der Waals surface area contributed by atoms with Gasteiger partial charge in [-0.2, -0.15) is 0 Å². The van der Waals surface area contributed by atoms with E-state index in [2.05, 4.69) is 22.2 Å². The van der Waals surface area contributed by atoms with Crippen molar-refractivity contribution in [3.8, 4) is 5.88 Å². The van der Waals surface area contributed by atoms with Gasteiger partial charge in [-0.3, -0.25) is 0 Å². The number of rotatable bonds is 4. The maximum Gasteiger partial charge on any atom is 0.258 e. The maximum atomic E-state index is 5.72. The molecule has 112 valence electrons. The zero-order valence-corrected chi connectivity index (χ0v) is 12.7. The molecule has 5 nitrogen and oxygen atoms in total. The molecule has 0 radical (unpaired) electrons. The van der Waals surface area contributed by atoms with Gasteiger partial charge in [-0.1, -0.05) is 12.1 Å². The second kappa shape index (κ2) is 6.26. The van der Waals surface area contributed by atoms with Crippen molar-refractivity contribution < 1.29 is 4.74 Å². The average molecular weight is 286 g/mol. The summed E-state index contributed by atoms with van der Waals surface area (Å²) < 4.78 is 5.72. The molecule has 1 fully saturated rings. The highest BCUT2D eigenvalue weighted by molar-refractivity contribution is 5.77. The van der Waals surface area contributed by atoms with E-state index in [-0.39, 0.29) is 0 Å². The minimum Gasteiger partial charge on any atom is -0.475 e. The summed E-state index contributed by atoms with van der Waals surface area (Å²) in [5.74, 6) is 1.47. The van der Waals surface area contributed by atoms with Gasteiger partial charge in [0.15, 0.2) is 5.82 Å². The fraction of sp³-hybridized carbons (Fsp3) is 0.500. The molecule has 1 aromatic carbocycles. The van der Waals surface area contributed by atoms with E-state index in [0.717, 1.165) is 29.9 Å². The van der Waals surface area contributed by atoms with Gasteiger partial charge in [-0.25, -0.2) is 9.97 Å². The zero-order valence-electron chi connectivity index (χ0n) is 12.7. The predicted octanol–water partition coefficient (Wildman–Crippen LogP) is 2.22. The summed E-state index contributed by atoms with van der Waals surface area (Å²) >= 11 is 0. The lowest BCUT2D eigenvalue weighted by Crippen LogP contribution is -2.44. The van der Waals surface area contributed by atoms with Gasteiger partial charge in [0.1, 0.15) is 0 Å². The van der Waals surface area contributed by atoms with E-state index < -0.39 is 0 Å². The van der Waals surface area contributed by atoms with Gasteiger partial charge >= 0.3 is 0 Å². The van der Waals surface area contributed by atoms with E-state index in [1.165, 1.54) is 12.8 Å². The molecule has 0 aliphatic carbocycles. The molecule has 2 heterocycles. The number of nitrogens with one attached hydrogen (secondary N) is 1. The highest BCUT2D eigenvalue weighted by Crippen LogP contribution is 2.28. The van der Waals surface area contributed by atoms with E-state index in [4.69, 9.17) is 9.72 Å². The Hall–Kier alpha value is -1.88. The van der Waals surface area contributed by atoms with Crippen LogP contribution >= 0.6 is 0 Å². The van der Waals surface area contributed by atoms with Crippen LogP contribution in [0.4, 0.5) is 5.82 Å². The van der Waals surface area contributed by atoms with Crippen molar-refractivity contribution in [1.29, 1.82) is 0 Å². The molecular formula is C16H22N4O. The smallest absolute Gasteiger partial charge is 0.258 e. The van der Waals surface area contributed by atoms with Crippen molar-refractivity contribution in [2.45, 2.75) is 25.8 Å². The van der Waals surface area contributed by atoms with Crippen LogP contribution in [0.15, 0.2) is 24.3 Å². The van der Waals surface area contributed by atoms with E-state index >= 15 is 0 Å².